The highest BCUT2D eigenvalue weighted by atomic mass is 16.3. The average molecular weight is 262 g/mol. The lowest BCUT2D eigenvalue weighted by molar-refractivity contribution is 0.185. The molecule has 102 valence electrons. The van der Waals surface area contributed by atoms with Crippen LogP contribution in [-0.2, 0) is 6.54 Å². The fourth-order valence-corrected chi connectivity index (χ4v) is 2.96. The summed E-state index contributed by atoms with van der Waals surface area (Å²) in [5.74, 6) is 1.30. The molecule has 0 saturated heterocycles. The number of rotatable bonds is 3. The molecule has 1 fully saturated rings. The molecular weight excluding hydrogens is 244 g/mol. The lowest BCUT2D eigenvalue weighted by atomic mass is 9.97. The summed E-state index contributed by atoms with van der Waals surface area (Å²) >= 11 is 0. The largest absolute Gasteiger partial charge is 0.396 e. The van der Waals surface area contributed by atoms with Crippen LogP contribution in [0.1, 0.15) is 19.3 Å². The van der Waals surface area contributed by atoms with E-state index in [1.807, 2.05) is 4.57 Å². The van der Waals surface area contributed by atoms with Crippen LogP contribution in [0.15, 0.2) is 6.33 Å². The van der Waals surface area contributed by atoms with Crippen LogP contribution in [0, 0.1) is 11.8 Å². The van der Waals surface area contributed by atoms with Crippen LogP contribution < -0.4 is 11.5 Å². The third kappa shape index (κ3) is 2.10. The van der Waals surface area contributed by atoms with E-state index < -0.39 is 0 Å². The molecule has 2 atom stereocenters. The Hall–Kier alpha value is -1.89. The summed E-state index contributed by atoms with van der Waals surface area (Å²) in [7, 11) is 0. The Morgan fingerprint density at radius 3 is 2.84 bits per heavy atom. The Morgan fingerprint density at radius 2 is 2.05 bits per heavy atom. The minimum absolute atomic E-state index is 0.164. The highest BCUT2D eigenvalue weighted by Gasteiger charge is 2.27. The minimum atomic E-state index is 0.164. The zero-order valence-corrected chi connectivity index (χ0v) is 10.7. The maximum atomic E-state index is 9.38. The van der Waals surface area contributed by atoms with Crippen molar-refractivity contribution in [3.05, 3.63) is 6.33 Å². The van der Waals surface area contributed by atoms with E-state index in [1.54, 1.807) is 6.33 Å². The Labute approximate surface area is 110 Å². The molecule has 2 aromatic rings. The highest BCUT2D eigenvalue weighted by molar-refractivity contribution is 5.82. The topological polar surface area (TPSA) is 116 Å². The molecule has 0 amide bonds. The van der Waals surface area contributed by atoms with Crippen LogP contribution in [-0.4, -0.2) is 31.2 Å². The van der Waals surface area contributed by atoms with E-state index in [4.69, 9.17) is 11.5 Å². The molecule has 0 unspecified atom stereocenters. The number of anilines is 2. The van der Waals surface area contributed by atoms with Crippen LogP contribution in [0.2, 0.25) is 0 Å². The fraction of sp³-hybridized carbons (Fsp3) is 0.583. The van der Waals surface area contributed by atoms with Gasteiger partial charge in [0.2, 0.25) is 5.95 Å². The number of nitrogens with two attached hydrogens (primary N) is 2. The summed E-state index contributed by atoms with van der Waals surface area (Å²) in [6.07, 6.45) is 5.11. The van der Waals surface area contributed by atoms with E-state index in [0.717, 1.165) is 19.4 Å². The summed E-state index contributed by atoms with van der Waals surface area (Å²) in [6.45, 7) is 1.04. The molecule has 1 aliphatic rings. The van der Waals surface area contributed by atoms with Gasteiger partial charge in [-0.25, -0.2) is 4.98 Å². The first-order valence-electron chi connectivity index (χ1n) is 6.53. The van der Waals surface area contributed by atoms with Gasteiger partial charge in [0, 0.05) is 13.2 Å². The monoisotopic (exact) mass is 262 g/mol. The molecule has 1 saturated carbocycles. The summed E-state index contributed by atoms with van der Waals surface area (Å²) in [5.41, 5.74) is 12.7. The van der Waals surface area contributed by atoms with Gasteiger partial charge in [0.15, 0.2) is 11.5 Å². The molecule has 2 heterocycles. The Kier molecular flexibility index (Phi) is 2.98. The van der Waals surface area contributed by atoms with E-state index in [9.17, 15) is 5.11 Å². The maximum absolute atomic E-state index is 9.38. The van der Waals surface area contributed by atoms with E-state index in [1.165, 1.54) is 6.42 Å². The molecule has 0 bridgehead atoms. The Balaban J connectivity index is 1.93. The number of aliphatic hydroxyl groups is 1. The number of nitrogens with zero attached hydrogens (tertiary/aromatic N) is 4. The summed E-state index contributed by atoms with van der Waals surface area (Å²) < 4.78 is 1.96. The summed E-state index contributed by atoms with van der Waals surface area (Å²) in [6, 6.07) is 0. The first-order valence-corrected chi connectivity index (χ1v) is 6.53. The van der Waals surface area contributed by atoms with Crippen molar-refractivity contribution in [2.24, 2.45) is 11.8 Å². The van der Waals surface area contributed by atoms with Crippen molar-refractivity contribution in [2.45, 2.75) is 25.8 Å². The second kappa shape index (κ2) is 4.65. The third-order valence-electron chi connectivity index (χ3n) is 3.99. The smallest absolute Gasteiger partial charge is 0.224 e. The van der Waals surface area contributed by atoms with Crippen molar-refractivity contribution in [3.8, 4) is 0 Å². The van der Waals surface area contributed by atoms with E-state index in [2.05, 4.69) is 15.0 Å². The van der Waals surface area contributed by atoms with Gasteiger partial charge >= 0.3 is 0 Å². The number of imidazole rings is 1. The molecule has 0 spiro atoms. The second-order valence-electron chi connectivity index (χ2n) is 5.17. The molecule has 3 rings (SSSR count). The molecule has 2 aromatic heterocycles. The molecule has 7 heteroatoms. The minimum Gasteiger partial charge on any atom is -0.396 e. The molecule has 19 heavy (non-hydrogen) atoms. The molecule has 1 aliphatic carbocycles. The van der Waals surface area contributed by atoms with Gasteiger partial charge in [-0.15, -0.1) is 0 Å². The standard InChI is InChI=1S/C12H18N6O/c13-10-9-11(17-12(14)16-10)18(6-15-9)4-7-2-1-3-8(7)5-19/h6-8,19H,1-5H2,(H4,13,14,16,17)/t7-,8-/m0/s1. The lowest BCUT2D eigenvalue weighted by Gasteiger charge is -2.17. The Morgan fingerprint density at radius 1 is 1.26 bits per heavy atom. The van der Waals surface area contributed by atoms with E-state index in [-0.39, 0.29) is 12.6 Å². The number of aromatic nitrogens is 4. The molecule has 0 aliphatic heterocycles. The van der Waals surface area contributed by atoms with Gasteiger partial charge in [-0.3, -0.25) is 0 Å². The number of nitrogen functional groups attached to an aromatic ring is 2. The van der Waals surface area contributed by atoms with Gasteiger partial charge in [-0.05, 0) is 24.7 Å². The number of aliphatic hydroxyl groups excluding tert-OH is 1. The fourth-order valence-electron chi connectivity index (χ4n) is 2.96. The van der Waals surface area contributed by atoms with Crippen molar-refractivity contribution >= 4 is 22.9 Å². The average Bonchev–Trinajstić information content (AvgIpc) is 2.97. The normalized spacial score (nSPS) is 23.2. The lowest BCUT2D eigenvalue weighted by Crippen LogP contribution is -2.18. The molecule has 7 nitrogen and oxygen atoms in total. The van der Waals surface area contributed by atoms with Crippen molar-refractivity contribution in [1.82, 2.24) is 19.5 Å². The van der Waals surface area contributed by atoms with Gasteiger partial charge in [0.05, 0.1) is 6.33 Å². The van der Waals surface area contributed by atoms with E-state index >= 15 is 0 Å². The first kappa shape index (κ1) is 12.2. The number of hydrogen-bond donors (Lipinski definition) is 3. The zero-order valence-electron chi connectivity index (χ0n) is 10.7. The number of hydrogen-bond acceptors (Lipinski definition) is 6. The van der Waals surface area contributed by atoms with Gasteiger partial charge < -0.3 is 21.1 Å². The molecular formula is C12H18N6O. The SMILES string of the molecule is Nc1nc(N)c2ncn(C[C@@H]3CCC[C@H]3CO)c2n1. The Bertz CT molecular complexity index is 595. The van der Waals surface area contributed by atoms with E-state index in [0.29, 0.717) is 28.8 Å². The van der Waals surface area contributed by atoms with Crippen LogP contribution in [0.5, 0.6) is 0 Å². The van der Waals surface area contributed by atoms with Gasteiger partial charge in [-0.1, -0.05) is 6.42 Å². The predicted octanol–water partition coefficient (Wildman–Crippen LogP) is 0.399. The van der Waals surface area contributed by atoms with Crippen molar-refractivity contribution in [2.75, 3.05) is 18.1 Å². The quantitative estimate of drug-likeness (QED) is 0.737. The maximum Gasteiger partial charge on any atom is 0.224 e. The van der Waals surface area contributed by atoms with Gasteiger partial charge in [0.25, 0.3) is 0 Å². The van der Waals surface area contributed by atoms with Crippen molar-refractivity contribution in [3.63, 3.8) is 0 Å². The predicted molar refractivity (Wildman–Crippen MR) is 72.1 cm³/mol. The van der Waals surface area contributed by atoms with Crippen LogP contribution in [0.25, 0.3) is 11.2 Å². The van der Waals surface area contributed by atoms with Crippen molar-refractivity contribution < 1.29 is 5.11 Å². The van der Waals surface area contributed by atoms with Crippen molar-refractivity contribution in [1.29, 1.82) is 0 Å². The van der Waals surface area contributed by atoms with Gasteiger partial charge in [0.1, 0.15) is 5.52 Å². The highest BCUT2D eigenvalue weighted by Crippen LogP contribution is 2.33. The third-order valence-corrected chi connectivity index (χ3v) is 3.99. The summed E-state index contributed by atoms with van der Waals surface area (Å²) in [4.78, 5) is 12.4. The molecule has 0 radical (unpaired) electrons. The molecule has 5 N–H and O–H groups in total. The van der Waals surface area contributed by atoms with Crippen LogP contribution >= 0.6 is 0 Å². The van der Waals surface area contributed by atoms with Gasteiger partial charge in [-0.2, -0.15) is 9.97 Å². The van der Waals surface area contributed by atoms with Crippen LogP contribution in [0.3, 0.4) is 0 Å². The van der Waals surface area contributed by atoms with Crippen LogP contribution in [0.4, 0.5) is 11.8 Å². The number of fused-ring (bicyclic) bond motifs is 1. The summed E-state index contributed by atoms with van der Waals surface area (Å²) in [5, 5.41) is 9.38. The first-order chi connectivity index (χ1) is 9.19. The zero-order chi connectivity index (χ0) is 13.4. The molecule has 0 aromatic carbocycles. The second-order valence-corrected chi connectivity index (χ2v) is 5.17.